The van der Waals surface area contributed by atoms with Crippen molar-refractivity contribution in [2.75, 3.05) is 0 Å². The Hall–Kier alpha value is -0.340. The molecule has 0 saturated carbocycles. The lowest BCUT2D eigenvalue weighted by Crippen LogP contribution is -2.13. The van der Waals surface area contributed by atoms with Crippen molar-refractivity contribution < 1.29 is 5.11 Å². The van der Waals surface area contributed by atoms with Crippen LogP contribution in [0, 0.1) is 0 Å². The second kappa shape index (κ2) is 3.10. The summed E-state index contributed by atoms with van der Waals surface area (Å²) >= 11 is 1.70. The van der Waals surface area contributed by atoms with Crippen molar-refractivity contribution in [3.63, 3.8) is 0 Å². The van der Waals surface area contributed by atoms with Gasteiger partial charge in [-0.15, -0.1) is 11.3 Å². The molecule has 0 amide bonds. The third kappa shape index (κ3) is 2.55. The van der Waals surface area contributed by atoms with E-state index in [1.165, 1.54) is 4.88 Å². The first kappa shape index (κ1) is 10.7. The van der Waals surface area contributed by atoms with Crippen molar-refractivity contribution in [1.29, 1.82) is 0 Å². The second-order valence-corrected chi connectivity index (χ2v) is 6.06. The van der Waals surface area contributed by atoms with Gasteiger partial charge in [-0.05, 0) is 31.4 Å². The first-order valence-corrected chi connectivity index (χ1v) is 5.36. The third-order valence-electron chi connectivity index (χ3n) is 1.95. The zero-order valence-electron chi connectivity index (χ0n) is 9.01. The number of thiophene rings is 1. The van der Waals surface area contributed by atoms with Gasteiger partial charge < -0.3 is 5.11 Å². The van der Waals surface area contributed by atoms with E-state index in [0.717, 1.165) is 4.88 Å². The third-order valence-corrected chi connectivity index (χ3v) is 3.77. The Kier molecular flexibility index (Phi) is 2.56. The molecule has 0 aliphatic carbocycles. The topological polar surface area (TPSA) is 20.2 Å². The van der Waals surface area contributed by atoms with Gasteiger partial charge in [0.2, 0.25) is 0 Å². The SMILES string of the molecule is CC(C)(C)c1ccc(C(C)(C)O)s1. The molecular formula is C11H18OS. The van der Waals surface area contributed by atoms with E-state index in [4.69, 9.17) is 0 Å². The molecule has 13 heavy (non-hydrogen) atoms. The maximum atomic E-state index is 9.78. The summed E-state index contributed by atoms with van der Waals surface area (Å²) in [5.74, 6) is 0. The van der Waals surface area contributed by atoms with Crippen LogP contribution in [0.3, 0.4) is 0 Å². The fraction of sp³-hybridized carbons (Fsp3) is 0.636. The van der Waals surface area contributed by atoms with Crippen LogP contribution in [0.4, 0.5) is 0 Å². The van der Waals surface area contributed by atoms with Crippen LogP contribution in [0.2, 0.25) is 0 Å². The average Bonchev–Trinajstić information content (AvgIpc) is 2.28. The van der Waals surface area contributed by atoms with Gasteiger partial charge in [-0.2, -0.15) is 0 Å². The van der Waals surface area contributed by atoms with Crippen LogP contribution in [0.25, 0.3) is 0 Å². The van der Waals surface area contributed by atoms with E-state index >= 15 is 0 Å². The van der Waals surface area contributed by atoms with Crippen molar-refractivity contribution in [2.45, 2.75) is 45.6 Å². The standard InChI is InChI=1S/C11H18OS/c1-10(2,3)8-6-7-9(13-8)11(4,5)12/h6-7,12H,1-5H3. The molecule has 1 aromatic rings. The molecule has 0 unspecified atom stereocenters. The minimum absolute atomic E-state index is 0.189. The molecule has 0 aliphatic heterocycles. The van der Waals surface area contributed by atoms with Gasteiger partial charge in [0, 0.05) is 9.75 Å². The van der Waals surface area contributed by atoms with Crippen molar-refractivity contribution >= 4 is 11.3 Å². The summed E-state index contributed by atoms with van der Waals surface area (Å²) in [6, 6.07) is 4.13. The Labute approximate surface area is 84.4 Å². The molecule has 1 N–H and O–H groups in total. The molecule has 1 aromatic heterocycles. The predicted octanol–water partition coefficient (Wildman–Crippen LogP) is 3.27. The quantitative estimate of drug-likeness (QED) is 0.734. The lowest BCUT2D eigenvalue weighted by molar-refractivity contribution is 0.0825. The van der Waals surface area contributed by atoms with Gasteiger partial charge in [0.15, 0.2) is 0 Å². The van der Waals surface area contributed by atoms with E-state index in [0.29, 0.717) is 0 Å². The second-order valence-electron chi connectivity index (χ2n) is 4.97. The van der Waals surface area contributed by atoms with Crippen LogP contribution in [-0.4, -0.2) is 5.11 Å². The Morgan fingerprint density at radius 2 is 1.46 bits per heavy atom. The smallest absolute Gasteiger partial charge is 0.0932 e. The first-order valence-electron chi connectivity index (χ1n) is 4.54. The van der Waals surface area contributed by atoms with E-state index < -0.39 is 5.60 Å². The minimum atomic E-state index is -0.700. The zero-order valence-corrected chi connectivity index (χ0v) is 9.83. The summed E-state index contributed by atoms with van der Waals surface area (Å²) in [5.41, 5.74) is -0.512. The molecule has 74 valence electrons. The van der Waals surface area contributed by atoms with Gasteiger partial charge in [0.25, 0.3) is 0 Å². The van der Waals surface area contributed by atoms with Crippen LogP contribution in [0.5, 0.6) is 0 Å². The molecule has 1 rings (SSSR count). The van der Waals surface area contributed by atoms with Gasteiger partial charge in [0.05, 0.1) is 5.60 Å². The summed E-state index contributed by atoms with van der Waals surface area (Å²) in [6.45, 7) is 10.2. The van der Waals surface area contributed by atoms with Gasteiger partial charge in [-0.1, -0.05) is 20.8 Å². The molecular weight excluding hydrogens is 180 g/mol. The highest BCUT2D eigenvalue weighted by Gasteiger charge is 2.22. The predicted molar refractivity (Wildman–Crippen MR) is 58.3 cm³/mol. The number of hydrogen-bond donors (Lipinski definition) is 1. The molecule has 1 heterocycles. The van der Waals surface area contributed by atoms with Crippen molar-refractivity contribution in [1.82, 2.24) is 0 Å². The first-order chi connectivity index (χ1) is 5.71. The molecule has 2 heteroatoms. The van der Waals surface area contributed by atoms with E-state index in [2.05, 4.69) is 26.8 Å². The van der Waals surface area contributed by atoms with E-state index in [1.54, 1.807) is 11.3 Å². The zero-order chi connectivity index (χ0) is 10.3. The van der Waals surface area contributed by atoms with Gasteiger partial charge in [-0.25, -0.2) is 0 Å². The summed E-state index contributed by atoms with van der Waals surface area (Å²) in [4.78, 5) is 2.36. The molecule has 0 aromatic carbocycles. The Balaban J connectivity index is 3.01. The number of hydrogen-bond acceptors (Lipinski definition) is 2. The molecule has 0 spiro atoms. The van der Waals surface area contributed by atoms with Crippen LogP contribution in [0.1, 0.15) is 44.4 Å². The maximum Gasteiger partial charge on any atom is 0.0932 e. The molecule has 0 atom stereocenters. The Morgan fingerprint density at radius 3 is 1.69 bits per heavy atom. The number of aliphatic hydroxyl groups is 1. The van der Waals surface area contributed by atoms with E-state index in [1.807, 2.05) is 19.9 Å². The van der Waals surface area contributed by atoms with Gasteiger partial charge in [-0.3, -0.25) is 0 Å². The lowest BCUT2D eigenvalue weighted by Gasteiger charge is -2.17. The minimum Gasteiger partial charge on any atom is -0.385 e. The molecule has 0 bridgehead atoms. The Morgan fingerprint density at radius 1 is 1.00 bits per heavy atom. The van der Waals surface area contributed by atoms with Crippen LogP contribution < -0.4 is 0 Å². The molecule has 0 fully saturated rings. The van der Waals surface area contributed by atoms with Crippen LogP contribution in [0.15, 0.2) is 12.1 Å². The van der Waals surface area contributed by atoms with E-state index in [9.17, 15) is 5.11 Å². The highest BCUT2D eigenvalue weighted by Crippen LogP contribution is 2.34. The van der Waals surface area contributed by atoms with Crippen molar-refractivity contribution in [3.05, 3.63) is 21.9 Å². The summed E-state index contributed by atoms with van der Waals surface area (Å²) in [6.07, 6.45) is 0. The van der Waals surface area contributed by atoms with Crippen molar-refractivity contribution in [3.8, 4) is 0 Å². The maximum absolute atomic E-state index is 9.78. The van der Waals surface area contributed by atoms with Gasteiger partial charge in [0.1, 0.15) is 0 Å². The van der Waals surface area contributed by atoms with Gasteiger partial charge >= 0.3 is 0 Å². The number of rotatable bonds is 1. The lowest BCUT2D eigenvalue weighted by atomic mass is 9.95. The highest BCUT2D eigenvalue weighted by molar-refractivity contribution is 7.12. The van der Waals surface area contributed by atoms with Crippen LogP contribution in [-0.2, 0) is 11.0 Å². The average molecular weight is 198 g/mol. The summed E-state index contributed by atoms with van der Waals surface area (Å²) in [5, 5.41) is 9.78. The summed E-state index contributed by atoms with van der Waals surface area (Å²) in [7, 11) is 0. The van der Waals surface area contributed by atoms with E-state index in [-0.39, 0.29) is 5.41 Å². The normalized spacial score (nSPS) is 13.4. The largest absolute Gasteiger partial charge is 0.385 e. The Bertz CT molecular complexity index is 257. The monoisotopic (exact) mass is 198 g/mol. The molecule has 0 saturated heterocycles. The van der Waals surface area contributed by atoms with Crippen LogP contribution >= 0.6 is 11.3 Å². The summed E-state index contributed by atoms with van der Waals surface area (Å²) < 4.78 is 0. The molecule has 0 radical (unpaired) electrons. The highest BCUT2D eigenvalue weighted by atomic mass is 32.1. The molecule has 0 aliphatic rings. The fourth-order valence-electron chi connectivity index (χ4n) is 1.07. The molecule has 1 nitrogen and oxygen atoms in total. The fourth-order valence-corrected chi connectivity index (χ4v) is 2.13. The van der Waals surface area contributed by atoms with Crippen molar-refractivity contribution in [2.24, 2.45) is 0 Å².